The number of rotatable bonds is 4. The average Bonchev–Trinajstić information content (AvgIpc) is 3.62. The second-order valence-electron chi connectivity index (χ2n) is 13.5. The molecule has 0 bridgehead atoms. The first-order valence-electron chi connectivity index (χ1n) is 17.9. The molecular weight excluding hydrogens is 647 g/mol. The molecule has 53 heavy (non-hydrogen) atoms. The van der Waals surface area contributed by atoms with Crippen molar-refractivity contribution in [2.45, 2.75) is 0 Å². The molecule has 0 unspecified atom stereocenters. The Morgan fingerprint density at radius 3 is 1.58 bits per heavy atom. The Kier molecular flexibility index (Phi) is 6.52. The molecule has 4 nitrogen and oxygen atoms in total. The lowest BCUT2D eigenvalue weighted by Gasteiger charge is -2.16. The molecule has 0 saturated carbocycles. The van der Waals surface area contributed by atoms with Gasteiger partial charge in [0, 0.05) is 21.9 Å². The predicted molar refractivity (Wildman–Crippen MR) is 219 cm³/mol. The van der Waals surface area contributed by atoms with Crippen molar-refractivity contribution < 1.29 is 4.42 Å². The minimum Gasteiger partial charge on any atom is -0.455 e. The van der Waals surface area contributed by atoms with Crippen LogP contribution in [0.1, 0.15) is 0 Å². The zero-order chi connectivity index (χ0) is 34.9. The average molecular weight is 676 g/mol. The number of fused-ring (bicyclic) bond motifs is 11. The van der Waals surface area contributed by atoms with Crippen LogP contribution in [0.15, 0.2) is 180 Å². The van der Waals surface area contributed by atoms with Gasteiger partial charge < -0.3 is 4.42 Å². The van der Waals surface area contributed by atoms with E-state index in [1.54, 1.807) is 0 Å². The molecule has 0 aliphatic rings. The summed E-state index contributed by atoms with van der Waals surface area (Å²) < 4.78 is 6.44. The summed E-state index contributed by atoms with van der Waals surface area (Å²) in [6.07, 6.45) is 0. The van der Waals surface area contributed by atoms with Gasteiger partial charge in [-0.1, -0.05) is 152 Å². The molecule has 0 aliphatic heterocycles. The molecule has 0 atom stereocenters. The molecule has 0 aliphatic carbocycles. The van der Waals surface area contributed by atoms with Crippen LogP contribution in [-0.4, -0.2) is 15.0 Å². The van der Waals surface area contributed by atoms with Crippen LogP contribution in [0.4, 0.5) is 0 Å². The molecule has 0 amide bonds. The maximum Gasteiger partial charge on any atom is 0.167 e. The number of aromatic nitrogens is 3. The summed E-state index contributed by atoms with van der Waals surface area (Å²) >= 11 is 0. The van der Waals surface area contributed by atoms with E-state index in [2.05, 4.69) is 115 Å². The normalized spacial score (nSPS) is 11.8. The van der Waals surface area contributed by atoms with E-state index in [1.165, 1.54) is 48.7 Å². The number of benzene rings is 9. The van der Waals surface area contributed by atoms with Gasteiger partial charge in [0.1, 0.15) is 11.2 Å². The molecule has 4 heteroatoms. The third-order valence-electron chi connectivity index (χ3n) is 10.5. The quantitative estimate of drug-likeness (QED) is 0.174. The SMILES string of the molecule is c1ccc(-c2nc(-c3cccc(-c4cc5c6ccccc6c6ccccc6c5c5ccccc45)c3)nc(-c3cccc4c3oc3ccccc34)n2)cc1. The lowest BCUT2D eigenvalue weighted by molar-refractivity contribution is 0.669. The summed E-state index contributed by atoms with van der Waals surface area (Å²) in [6, 6.07) is 61.7. The number of furan rings is 1. The van der Waals surface area contributed by atoms with Gasteiger partial charge in [-0.15, -0.1) is 0 Å². The number of hydrogen-bond acceptors (Lipinski definition) is 4. The standard InChI is InChI=1S/C49H29N3O/c1-2-14-30(15-3-1)47-50-48(52-49(51-47)41-26-13-25-40-37-22-10-11-27-44(37)53-46(40)41)32-17-12-16-31(28-32)42-29-43-35-20-5-4-18-33(35)34-19-6-8-23-38(34)45(43)39-24-9-7-21-36(39)42/h1-29H. The van der Waals surface area contributed by atoms with E-state index in [1.807, 2.05) is 60.7 Å². The van der Waals surface area contributed by atoms with Crippen LogP contribution >= 0.6 is 0 Å². The second-order valence-corrected chi connectivity index (χ2v) is 13.5. The Morgan fingerprint density at radius 2 is 0.811 bits per heavy atom. The van der Waals surface area contributed by atoms with E-state index >= 15 is 0 Å². The molecule has 0 N–H and O–H groups in total. The van der Waals surface area contributed by atoms with Gasteiger partial charge in [0.05, 0.1) is 5.56 Å². The van der Waals surface area contributed by atoms with Crippen molar-refractivity contribution in [1.29, 1.82) is 0 Å². The van der Waals surface area contributed by atoms with Gasteiger partial charge in [0.25, 0.3) is 0 Å². The van der Waals surface area contributed by atoms with E-state index in [4.69, 9.17) is 19.4 Å². The molecule has 0 saturated heterocycles. The first-order valence-corrected chi connectivity index (χ1v) is 17.9. The van der Waals surface area contributed by atoms with Crippen LogP contribution in [0, 0.1) is 0 Å². The maximum atomic E-state index is 6.44. The summed E-state index contributed by atoms with van der Waals surface area (Å²) in [5.74, 6) is 1.78. The highest BCUT2D eigenvalue weighted by molar-refractivity contribution is 6.33. The van der Waals surface area contributed by atoms with Crippen LogP contribution in [0.5, 0.6) is 0 Å². The molecule has 0 spiro atoms. The molecule has 11 aromatic rings. The van der Waals surface area contributed by atoms with Gasteiger partial charge in [-0.05, 0) is 78.5 Å². The highest BCUT2D eigenvalue weighted by atomic mass is 16.3. The van der Waals surface area contributed by atoms with Crippen LogP contribution in [-0.2, 0) is 0 Å². The fraction of sp³-hybridized carbons (Fsp3) is 0. The number of para-hydroxylation sites is 2. The van der Waals surface area contributed by atoms with Crippen LogP contribution in [0.25, 0.3) is 110 Å². The lowest BCUT2D eigenvalue weighted by atomic mass is 9.87. The van der Waals surface area contributed by atoms with Gasteiger partial charge >= 0.3 is 0 Å². The van der Waals surface area contributed by atoms with E-state index in [9.17, 15) is 0 Å². The third-order valence-corrected chi connectivity index (χ3v) is 10.5. The summed E-state index contributed by atoms with van der Waals surface area (Å²) in [7, 11) is 0. The van der Waals surface area contributed by atoms with Crippen molar-refractivity contribution in [3.8, 4) is 45.3 Å². The number of nitrogens with zero attached hydrogens (tertiary/aromatic N) is 3. The molecule has 246 valence electrons. The van der Waals surface area contributed by atoms with Gasteiger partial charge in [-0.3, -0.25) is 0 Å². The Bertz CT molecular complexity index is 3240. The molecule has 9 aromatic carbocycles. The van der Waals surface area contributed by atoms with Crippen LogP contribution in [0.3, 0.4) is 0 Å². The van der Waals surface area contributed by atoms with Gasteiger partial charge in [0.2, 0.25) is 0 Å². The first-order chi connectivity index (χ1) is 26.3. The van der Waals surface area contributed by atoms with Gasteiger partial charge in [-0.25, -0.2) is 15.0 Å². The van der Waals surface area contributed by atoms with E-state index in [-0.39, 0.29) is 0 Å². The zero-order valence-corrected chi connectivity index (χ0v) is 28.5. The van der Waals surface area contributed by atoms with E-state index < -0.39 is 0 Å². The molecule has 2 aromatic heterocycles. The first kappa shape index (κ1) is 29.5. The van der Waals surface area contributed by atoms with Crippen molar-refractivity contribution in [2.75, 3.05) is 0 Å². The molecule has 0 fully saturated rings. The molecule has 11 rings (SSSR count). The predicted octanol–water partition coefficient (Wildman–Crippen LogP) is 13.1. The molecular formula is C49H29N3O. The van der Waals surface area contributed by atoms with E-state index in [0.29, 0.717) is 17.5 Å². The monoisotopic (exact) mass is 675 g/mol. The highest BCUT2D eigenvalue weighted by Crippen LogP contribution is 2.43. The Balaban J connectivity index is 1.15. The smallest absolute Gasteiger partial charge is 0.167 e. The molecule has 2 heterocycles. The van der Waals surface area contributed by atoms with Crippen LogP contribution < -0.4 is 0 Å². The Hall–Kier alpha value is -7.17. The van der Waals surface area contributed by atoms with Gasteiger partial charge in [-0.2, -0.15) is 0 Å². The summed E-state index contributed by atoms with van der Waals surface area (Å²) in [6.45, 7) is 0. The minimum atomic E-state index is 0.568. The topological polar surface area (TPSA) is 51.8 Å². The van der Waals surface area contributed by atoms with Crippen molar-refractivity contribution in [1.82, 2.24) is 15.0 Å². The second kappa shape index (κ2) is 11.7. The zero-order valence-electron chi connectivity index (χ0n) is 28.5. The van der Waals surface area contributed by atoms with Crippen LogP contribution in [0.2, 0.25) is 0 Å². The Morgan fingerprint density at radius 1 is 0.302 bits per heavy atom. The fourth-order valence-electron chi connectivity index (χ4n) is 8.10. The van der Waals surface area contributed by atoms with Crippen molar-refractivity contribution in [3.63, 3.8) is 0 Å². The number of hydrogen-bond donors (Lipinski definition) is 0. The summed E-state index contributed by atoms with van der Waals surface area (Å²) in [5.41, 5.74) is 6.53. The fourth-order valence-corrected chi connectivity index (χ4v) is 8.10. The lowest BCUT2D eigenvalue weighted by Crippen LogP contribution is -2.00. The largest absolute Gasteiger partial charge is 0.455 e. The van der Waals surface area contributed by atoms with E-state index in [0.717, 1.165) is 44.2 Å². The molecule has 0 radical (unpaired) electrons. The third kappa shape index (κ3) is 4.66. The Labute approximate surface area is 304 Å². The maximum absolute atomic E-state index is 6.44. The van der Waals surface area contributed by atoms with Crippen molar-refractivity contribution in [3.05, 3.63) is 176 Å². The van der Waals surface area contributed by atoms with Gasteiger partial charge in [0.15, 0.2) is 17.5 Å². The summed E-state index contributed by atoms with van der Waals surface area (Å²) in [5, 5.41) is 12.1. The highest BCUT2D eigenvalue weighted by Gasteiger charge is 2.19. The summed E-state index contributed by atoms with van der Waals surface area (Å²) in [4.78, 5) is 15.3. The van der Waals surface area contributed by atoms with Crippen molar-refractivity contribution >= 4 is 65.0 Å². The van der Waals surface area contributed by atoms with Crippen molar-refractivity contribution in [2.24, 2.45) is 0 Å². The minimum absolute atomic E-state index is 0.568.